The third-order valence-electron chi connectivity index (χ3n) is 6.41. The zero-order valence-corrected chi connectivity index (χ0v) is 23.9. The number of hydrogen-bond acceptors (Lipinski definition) is 5. The van der Waals surface area contributed by atoms with Crippen molar-refractivity contribution in [2.24, 2.45) is 0 Å². The molecule has 8 nitrogen and oxygen atoms in total. The fourth-order valence-corrected chi connectivity index (χ4v) is 5.06. The number of amides is 2. The minimum absolute atomic E-state index is 0.0158. The van der Waals surface area contributed by atoms with Crippen LogP contribution in [0.4, 0.5) is 10.1 Å². The van der Waals surface area contributed by atoms with E-state index < -0.39 is 34.3 Å². The van der Waals surface area contributed by atoms with Crippen molar-refractivity contribution in [3.05, 3.63) is 95.8 Å². The van der Waals surface area contributed by atoms with Crippen LogP contribution in [-0.4, -0.2) is 57.6 Å². The number of unbranched alkanes of at least 4 members (excludes halogenated alkanes) is 1. The van der Waals surface area contributed by atoms with Crippen molar-refractivity contribution in [2.45, 2.75) is 38.8 Å². The van der Waals surface area contributed by atoms with E-state index in [0.29, 0.717) is 17.9 Å². The molecule has 2 amide bonds. The number of nitrogens with one attached hydrogen (secondary N) is 1. The molecule has 0 spiro atoms. The largest absolute Gasteiger partial charge is 0.497 e. The number of sulfonamides is 1. The fourth-order valence-electron chi connectivity index (χ4n) is 4.21. The van der Waals surface area contributed by atoms with Gasteiger partial charge >= 0.3 is 0 Å². The molecule has 0 heterocycles. The van der Waals surface area contributed by atoms with Gasteiger partial charge in [-0.3, -0.25) is 13.9 Å². The normalized spacial score (nSPS) is 11.9. The van der Waals surface area contributed by atoms with E-state index in [4.69, 9.17) is 4.74 Å². The quantitative estimate of drug-likeness (QED) is 0.294. The van der Waals surface area contributed by atoms with Gasteiger partial charge in [0.2, 0.25) is 21.8 Å². The third-order valence-corrected chi connectivity index (χ3v) is 7.55. The number of methoxy groups -OCH3 is 1. The molecular weight excluding hydrogens is 533 g/mol. The summed E-state index contributed by atoms with van der Waals surface area (Å²) in [6.45, 7) is 1.91. The van der Waals surface area contributed by atoms with E-state index in [9.17, 15) is 22.4 Å². The van der Waals surface area contributed by atoms with Crippen molar-refractivity contribution in [2.75, 3.05) is 30.8 Å². The molecule has 0 bridgehead atoms. The highest BCUT2D eigenvalue weighted by atomic mass is 32.2. The van der Waals surface area contributed by atoms with Crippen LogP contribution in [0.1, 0.15) is 30.9 Å². The molecule has 0 saturated carbocycles. The minimum Gasteiger partial charge on any atom is -0.497 e. The van der Waals surface area contributed by atoms with Gasteiger partial charge in [-0.05, 0) is 53.9 Å². The standard InChI is InChI=1S/C30H36FN3O5S/c1-4-5-19-32-30(36)28(20-23-9-7-6-8-10-23)33(21-24-11-13-25(31)14-12-24)29(35)22-34(40(3,37)38)26-15-17-27(39-2)18-16-26/h6-18,28H,4-5,19-22H2,1-3H3,(H,32,36). The Labute approximate surface area is 235 Å². The second-order valence-corrected chi connectivity index (χ2v) is 11.4. The summed E-state index contributed by atoms with van der Waals surface area (Å²) >= 11 is 0. The molecule has 1 atom stereocenters. The molecule has 0 aliphatic carbocycles. The highest BCUT2D eigenvalue weighted by Crippen LogP contribution is 2.23. The number of anilines is 1. The van der Waals surface area contributed by atoms with E-state index in [1.807, 2.05) is 37.3 Å². The lowest BCUT2D eigenvalue weighted by Crippen LogP contribution is -2.53. The van der Waals surface area contributed by atoms with E-state index in [2.05, 4.69) is 5.32 Å². The molecule has 3 aromatic rings. The molecule has 10 heteroatoms. The topological polar surface area (TPSA) is 96.0 Å². The van der Waals surface area contributed by atoms with Crippen molar-refractivity contribution in [1.82, 2.24) is 10.2 Å². The lowest BCUT2D eigenvalue weighted by Gasteiger charge is -2.33. The predicted molar refractivity (Wildman–Crippen MR) is 154 cm³/mol. The first-order valence-corrected chi connectivity index (χ1v) is 14.9. The number of ether oxygens (including phenoxy) is 1. The summed E-state index contributed by atoms with van der Waals surface area (Å²) in [5.74, 6) is -0.809. The van der Waals surface area contributed by atoms with Gasteiger partial charge < -0.3 is 15.0 Å². The molecule has 1 unspecified atom stereocenters. The highest BCUT2D eigenvalue weighted by Gasteiger charge is 2.33. The number of carbonyl (C=O) groups excluding carboxylic acids is 2. The molecule has 1 N–H and O–H groups in total. The second-order valence-electron chi connectivity index (χ2n) is 9.47. The highest BCUT2D eigenvalue weighted by molar-refractivity contribution is 7.92. The molecule has 0 aromatic heterocycles. The fraction of sp³-hybridized carbons (Fsp3) is 0.333. The third kappa shape index (κ3) is 8.81. The molecule has 0 saturated heterocycles. The van der Waals surface area contributed by atoms with Gasteiger partial charge in [-0.15, -0.1) is 0 Å². The first-order chi connectivity index (χ1) is 19.1. The Hall–Kier alpha value is -3.92. The molecule has 0 aliphatic rings. The Morgan fingerprint density at radius 1 is 0.950 bits per heavy atom. The van der Waals surface area contributed by atoms with E-state index in [0.717, 1.165) is 29.0 Å². The van der Waals surface area contributed by atoms with Crippen LogP contribution in [0.5, 0.6) is 5.75 Å². The van der Waals surface area contributed by atoms with Gasteiger partial charge in [-0.1, -0.05) is 55.8 Å². The number of benzene rings is 3. The number of halogens is 1. The first-order valence-electron chi connectivity index (χ1n) is 13.1. The Kier molecular flexibility index (Phi) is 11.1. The SMILES string of the molecule is CCCCNC(=O)C(Cc1ccccc1)N(Cc1ccc(F)cc1)C(=O)CN(c1ccc(OC)cc1)S(C)(=O)=O. The average Bonchev–Trinajstić information content (AvgIpc) is 2.94. The predicted octanol–water partition coefficient (Wildman–Crippen LogP) is 4.16. The lowest BCUT2D eigenvalue weighted by atomic mass is 10.0. The summed E-state index contributed by atoms with van der Waals surface area (Å²) < 4.78 is 45.4. The maximum Gasteiger partial charge on any atom is 0.244 e. The Bertz CT molecular complexity index is 1350. The Morgan fingerprint density at radius 3 is 2.17 bits per heavy atom. The van der Waals surface area contributed by atoms with Gasteiger partial charge in [-0.25, -0.2) is 12.8 Å². The summed E-state index contributed by atoms with van der Waals surface area (Å²) in [5, 5.41) is 2.92. The number of hydrogen-bond donors (Lipinski definition) is 1. The maximum absolute atomic E-state index is 14.0. The molecule has 3 rings (SSSR count). The summed E-state index contributed by atoms with van der Waals surface area (Å²) in [5.41, 5.74) is 1.72. The van der Waals surface area contributed by atoms with Crippen LogP contribution in [0.3, 0.4) is 0 Å². The van der Waals surface area contributed by atoms with Crippen molar-refractivity contribution in [1.29, 1.82) is 0 Å². The first kappa shape index (κ1) is 30.6. The van der Waals surface area contributed by atoms with Gasteiger partial charge in [0, 0.05) is 19.5 Å². The molecule has 214 valence electrons. The van der Waals surface area contributed by atoms with Crippen LogP contribution in [0.25, 0.3) is 0 Å². The second kappa shape index (κ2) is 14.5. The molecule has 0 radical (unpaired) electrons. The van der Waals surface area contributed by atoms with E-state index in [1.165, 1.54) is 24.1 Å². The summed E-state index contributed by atoms with van der Waals surface area (Å²) in [6, 6.07) is 20.3. The minimum atomic E-state index is -3.87. The Morgan fingerprint density at radius 2 is 1.60 bits per heavy atom. The zero-order chi connectivity index (χ0) is 29.1. The van der Waals surface area contributed by atoms with Crippen molar-refractivity contribution in [3.63, 3.8) is 0 Å². The van der Waals surface area contributed by atoms with Crippen LogP contribution < -0.4 is 14.4 Å². The smallest absolute Gasteiger partial charge is 0.244 e. The summed E-state index contributed by atoms with van der Waals surface area (Å²) in [4.78, 5) is 28.9. The molecule has 0 fully saturated rings. The van der Waals surface area contributed by atoms with E-state index >= 15 is 0 Å². The number of nitrogens with zero attached hydrogens (tertiary/aromatic N) is 2. The molecule has 0 aliphatic heterocycles. The van der Waals surface area contributed by atoms with Crippen LogP contribution in [0, 0.1) is 5.82 Å². The van der Waals surface area contributed by atoms with Crippen LogP contribution in [0.15, 0.2) is 78.9 Å². The molecular formula is C30H36FN3O5S. The number of rotatable bonds is 14. The van der Waals surface area contributed by atoms with Crippen LogP contribution in [0.2, 0.25) is 0 Å². The molecule has 3 aromatic carbocycles. The van der Waals surface area contributed by atoms with Crippen LogP contribution >= 0.6 is 0 Å². The Balaban J connectivity index is 2.01. The lowest BCUT2D eigenvalue weighted by molar-refractivity contribution is -0.140. The van der Waals surface area contributed by atoms with Crippen molar-refractivity contribution in [3.8, 4) is 5.75 Å². The van der Waals surface area contributed by atoms with Gasteiger partial charge in [-0.2, -0.15) is 0 Å². The summed E-state index contributed by atoms with van der Waals surface area (Å²) in [6.07, 6.45) is 2.89. The maximum atomic E-state index is 14.0. The van der Waals surface area contributed by atoms with Crippen molar-refractivity contribution < 1.29 is 27.1 Å². The monoisotopic (exact) mass is 569 g/mol. The molecule has 40 heavy (non-hydrogen) atoms. The van der Waals surface area contributed by atoms with E-state index in [-0.39, 0.29) is 24.6 Å². The van der Waals surface area contributed by atoms with Crippen LogP contribution in [-0.2, 0) is 32.6 Å². The van der Waals surface area contributed by atoms with Gasteiger partial charge in [0.25, 0.3) is 0 Å². The summed E-state index contributed by atoms with van der Waals surface area (Å²) in [7, 11) is -2.37. The van der Waals surface area contributed by atoms with Gasteiger partial charge in [0.15, 0.2) is 0 Å². The van der Waals surface area contributed by atoms with E-state index in [1.54, 1.807) is 36.4 Å². The van der Waals surface area contributed by atoms with Gasteiger partial charge in [0.05, 0.1) is 19.1 Å². The number of carbonyl (C=O) groups is 2. The van der Waals surface area contributed by atoms with Gasteiger partial charge in [0.1, 0.15) is 24.2 Å². The average molecular weight is 570 g/mol. The zero-order valence-electron chi connectivity index (χ0n) is 23.0. The van der Waals surface area contributed by atoms with Crippen molar-refractivity contribution >= 4 is 27.5 Å².